The van der Waals surface area contributed by atoms with Gasteiger partial charge in [0.2, 0.25) is 5.91 Å². The smallest absolute Gasteiger partial charge is 0.259 e. The summed E-state index contributed by atoms with van der Waals surface area (Å²) < 4.78 is 5.16. The van der Waals surface area contributed by atoms with Crippen LogP contribution in [0.5, 0.6) is 0 Å². The van der Waals surface area contributed by atoms with Crippen molar-refractivity contribution in [2.75, 3.05) is 26.2 Å². The number of aromatic nitrogens is 1. The van der Waals surface area contributed by atoms with Crippen molar-refractivity contribution in [2.24, 2.45) is 5.41 Å². The zero-order chi connectivity index (χ0) is 20.4. The molecule has 0 bridgehead atoms. The summed E-state index contributed by atoms with van der Waals surface area (Å²) in [5.41, 5.74) is 2.05. The maximum atomic E-state index is 13.3. The number of carbonyl (C=O) groups is 2. The first-order valence-corrected chi connectivity index (χ1v) is 10.6. The summed E-state index contributed by atoms with van der Waals surface area (Å²) in [7, 11) is 0. The van der Waals surface area contributed by atoms with Crippen LogP contribution < -0.4 is 0 Å². The Bertz CT molecular complexity index is 873. The number of hydrogen-bond acceptors (Lipinski definition) is 4. The van der Waals surface area contributed by atoms with Gasteiger partial charge in [0.05, 0.1) is 11.1 Å². The van der Waals surface area contributed by atoms with E-state index in [0.717, 1.165) is 45.2 Å². The molecule has 2 fully saturated rings. The van der Waals surface area contributed by atoms with E-state index < -0.39 is 5.41 Å². The zero-order valence-corrected chi connectivity index (χ0v) is 17.3. The Kier molecular flexibility index (Phi) is 5.43. The lowest BCUT2D eigenvalue weighted by Gasteiger charge is -2.39. The van der Waals surface area contributed by atoms with Crippen LogP contribution in [0.2, 0.25) is 0 Å². The van der Waals surface area contributed by atoms with Crippen molar-refractivity contribution in [3.63, 3.8) is 0 Å². The Morgan fingerprint density at radius 2 is 1.97 bits per heavy atom. The quantitative estimate of drug-likeness (QED) is 0.778. The molecule has 1 atom stereocenters. The van der Waals surface area contributed by atoms with E-state index in [1.54, 1.807) is 13.8 Å². The molecule has 2 aliphatic rings. The number of piperidine rings is 1. The van der Waals surface area contributed by atoms with E-state index in [2.05, 4.69) is 29.4 Å². The molecule has 2 amide bonds. The number of aryl methyl sites for hydroxylation is 3. The molecular formula is C23H29N3O3. The highest BCUT2D eigenvalue weighted by molar-refractivity contribution is 5.97. The first-order chi connectivity index (χ1) is 14.0. The molecule has 29 heavy (non-hydrogen) atoms. The van der Waals surface area contributed by atoms with Gasteiger partial charge in [-0.1, -0.05) is 35.5 Å². The lowest BCUT2D eigenvalue weighted by atomic mass is 9.78. The van der Waals surface area contributed by atoms with Gasteiger partial charge in [-0.25, -0.2) is 0 Å². The van der Waals surface area contributed by atoms with Crippen molar-refractivity contribution in [3.05, 3.63) is 52.9 Å². The van der Waals surface area contributed by atoms with E-state index >= 15 is 0 Å². The molecule has 2 aromatic rings. The van der Waals surface area contributed by atoms with E-state index in [4.69, 9.17) is 4.52 Å². The Morgan fingerprint density at radius 3 is 2.69 bits per heavy atom. The topological polar surface area (TPSA) is 66.7 Å². The van der Waals surface area contributed by atoms with Crippen molar-refractivity contribution < 1.29 is 14.1 Å². The summed E-state index contributed by atoms with van der Waals surface area (Å²) in [5.74, 6) is 0.712. The summed E-state index contributed by atoms with van der Waals surface area (Å²) in [6.45, 7) is 6.28. The van der Waals surface area contributed by atoms with E-state index in [-0.39, 0.29) is 11.8 Å². The molecular weight excluding hydrogens is 366 g/mol. The van der Waals surface area contributed by atoms with E-state index in [9.17, 15) is 9.59 Å². The summed E-state index contributed by atoms with van der Waals surface area (Å²) in [6.07, 6.45) is 4.56. The third-order valence-electron chi connectivity index (χ3n) is 6.45. The molecule has 0 saturated carbocycles. The average molecular weight is 396 g/mol. The standard InChI is InChI=1S/C23H29N3O3/c1-17-20(18(2)29-24-17)21(27)26-15-12-23(16-26)11-7-14-25(22(23)28)13-6-10-19-8-4-3-5-9-19/h3-5,8-9H,6-7,10-16H2,1-2H3/t23-/m0/s1. The zero-order valence-electron chi connectivity index (χ0n) is 17.3. The maximum Gasteiger partial charge on any atom is 0.259 e. The highest BCUT2D eigenvalue weighted by Crippen LogP contribution is 2.40. The van der Waals surface area contributed by atoms with Crippen molar-refractivity contribution in [2.45, 2.75) is 46.0 Å². The molecule has 1 spiro atoms. The first kappa shape index (κ1) is 19.7. The van der Waals surface area contributed by atoms with Gasteiger partial charge in [-0.15, -0.1) is 0 Å². The number of hydrogen-bond donors (Lipinski definition) is 0. The molecule has 2 saturated heterocycles. The number of likely N-dealkylation sites (tertiary alicyclic amines) is 2. The van der Waals surface area contributed by atoms with Crippen LogP contribution in [0.15, 0.2) is 34.9 Å². The summed E-state index contributed by atoms with van der Waals surface area (Å²) in [4.78, 5) is 30.2. The molecule has 1 aromatic heterocycles. The van der Waals surface area contributed by atoms with Crippen molar-refractivity contribution in [1.82, 2.24) is 15.0 Å². The predicted molar refractivity (Wildman–Crippen MR) is 110 cm³/mol. The van der Waals surface area contributed by atoms with Crippen LogP contribution in [0.4, 0.5) is 0 Å². The van der Waals surface area contributed by atoms with Crippen LogP contribution in [0, 0.1) is 19.3 Å². The minimum atomic E-state index is -0.417. The summed E-state index contributed by atoms with van der Waals surface area (Å²) in [5, 5.41) is 3.90. The minimum Gasteiger partial charge on any atom is -0.361 e. The van der Waals surface area contributed by atoms with E-state index in [0.29, 0.717) is 30.1 Å². The van der Waals surface area contributed by atoms with Crippen molar-refractivity contribution >= 4 is 11.8 Å². The van der Waals surface area contributed by atoms with E-state index in [1.165, 1.54) is 5.56 Å². The maximum absolute atomic E-state index is 13.3. The minimum absolute atomic E-state index is 0.0628. The van der Waals surface area contributed by atoms with Crippen molar-refractivity contribution in [1.29, 1.82) is 0 Å². The fourth-order valence-corrected chi connectivity index (χ4v) is 4.86. The second kappa shape index (κ2) is 8.01. The van der Waals surface area contributed by atoms with Gasteiger partial charge in [0, 0.05) is 26.2 Å². The normalized spacial score (nSPS) is 21.9. The molecule has 0 radical (unpaired) electrons. The predicted octanol–water partition coefficient (Wildman–Crippen LogP) is 3.38. The Balaban J connectivity index is 1.39. The van der Waals surface area contributed by atoms with Crippen LogP contribution in [0.3, 0.4) is 0 Å². The van der Waals surface area contributed by atoms with Gasteiger partial charge in [-0.05, 0) is 51.5 Å². The Labute approximate surface area is 171 Å². The molecule has 2 aliphatic heterocycles. The van der Waals surface area contributed by atoms with Crippen molar-refractivity contribution in [3.8, 4) is 0 Å². The van der Waals surface area contributed by atoms with Crippen LogP contribution >= 0.6 is 0 Å². The van der Waals surface area contributed by atoms with Gasteiger partial charge in [-0.3, -0.25) is 9.59 Å². The first-order valence-electron chi connectivity index (χ1n) is 10.6. The van der Waals surface area contributed by atoms with E-state index in [1.807, 2.05) is 15.9 Å². The molecule has 6 nitrogen and oxygen atoms in total. The van der Waals surface area contributed by atoms with Gasteiger partial charge in [0.1, 0.15) is 11.3 Å². The highest BCUT2D eigenvalue weighted by Gasteiger charge is 2.49. The lowest BCUT2D eigenvalue weighted by Crippen LogP contribution is -2.50. The lowest BCUT2D eigenvalue weighted by molar-refractivity contribution is -0.145. The van der Waals surface area contributed by atoms with Gasteiger partial charge in [0.25, 0.3) is 5.91 Å². The fourth-order valence-electron chi connectivity index (χ4n) is 4.86. The molecule has 0 N–H and O–H groups in total. The van der Waals surface area contributed by atoms with Gasteiger partial charge < -0.3 is 14.3 Å². The average Bonchev–Trinajstić information content (AvgIpc) is 3.30. The molecule has 1 aromatic carbocycles. The monoisotopic (exact) mass is 395 g/mol. The molecule has 3 heterocycles. The van der Waals surface area contributed by atoms with Crippen LogP contribution in [-0.2, 0) is 11.2 Å². The third kappa shape index (κ3) is 3.80. The Hall–Kier alpha value is -2.63. The second-order valence-corrected chi connectivity index (χ2v) is 8.44. The van der Waals surface area contributed by atoms with Gasteiger partial charge in [-0.2, -0.15) is 0 Å². The van der Waals surface area contributed by atoms with Crippen LogP contribution in [0.25, 0.3) is 0 Å². The largest absolute Gasteiger partial charge is 0.361 e. The number of benzene rings is 1. The molecule has 0 aliphatic carbocycles. The number of carbonyl (C=O) groups excluding carboxylic acids is 2. The molecule has 6 heteroatoms. The fraction of sp³-hybridized carbons (Fsp3) is 0.522. The van der Waals surface area contributed by atoms with Gasteiger partial charge >= 0.3 is 0 Å². The molecule has 0 unspecified atom stereocenters. The van der Waals surface area contributed by atoms with Crippen LogP contribution in [-0.4, -0.2) is 52.9 Å². The highest BCUT2D eigenvalue weighted by atomic mass is 16.5. The second-order valence-electron chi connectivity index (χ2n) is 8.44. The number of rotatable bonds is 5. The number of nitrogens with zero attached hydrogens (tertiary/aromatic N) is 3. The molecule has 154 valence electrons. The Morgan fingerprint density at radius 1 is 1.17 bits per heavy atom. The summed E-state index contributed by atoms with van der Waals surface area (Å²) >= 11 is 0. The summed E-state index contributed by atoms with van der Waals surface area (Å²) in [6, 6.07) is 10.4. The molecule has 4 rings (SSSR count). The van der Waals surface area contributed by atoms with Gasteiger partial charge in [0.15, 0.2) is 0 Å². The van der Waals surface area contributed by atoms with Crippen LogP contribution in [0.1, 0.15) is 53.1 Å². The SMILES string of the molecule is Cc1noc(C)c1C(=O)N1CC[C@@]2(CCCN(CCCc3ccccc3)C2=O)C1. The number of amides is 2. The third-order valence-corrected chi connectivity index (χ3v) is 6.45.